The molecule has 0 radical (unpaired) electrons. The topological polar surface area (TPSA) is 103 Å². The van der Waals surface area contributed by atoms with E-state index in [1.165, 1.54) is 30.5 Å². The molecular weight excluding hydrogens is 344 g/mol. The SMILES string of the molecule is Cc1ccnc(Oc2cc(C(=O)O)ccc2Br)c1[N+](=O)[O-]. The van der Waals surface area contributed by atoms with Crippen LogP contribution < -0.4 is 4.74 Å². The van der Waals surface area contributed by atoms with Gasteiger partial charge in [0.15, 0.2) is 0 Å². The molecule has 0 aliphatic heterocycles. The van der Waals surface area contributed by atoms with Gasteiger partial charge in [0, 0.05) is 11.8 Å². The first-order valence-corrected chi connectivity index (χ1v) is 6.50. The van der Waals surface area contributed by atoms with Gasteiger partial charge in [0.2, 0.25) is 0 Å². The molecule has 0 aliphatic carbocycles. The molecule has 1 aromatic heterocycles. The highest BCUT2D eigenvalue weighted by molar-refractivity contribution is 9.10. The van der Waals surface area contributed by atoms with Crippen LogP contribution in [0.4, 0.5) is 5.69 Å². The van der Waals surface area contributed by atoms with Crippen molar-refractivity contribution in [3.05, 3.63) is 56.2 Å². The molecule has 0 saturated heterocycles. The number of nitrogens with zero attached hydrogens (tertiary/aromatic N) is 2. The molecule has 0 saturated carbocycles. The molecule has 0 spiro atoms. The summed E-state index contributed by atoms with van der Waals surface area (Å²) in [4.78, 5) is 25.3. The normalized spacial score (nSPS) is 10.2. The second-order valence-corrected chi connectivity index (χ2v) is 4.95. The van der Waals surface area contributed by atoms with Crippen LogP contribution in [-0.2, 0) is 0 Å². The van der Waals surface area contributed by atoms with E-state index in [-0.39, 0.29) is 22.9 Å². The number of hydrogen-bond donors (Lipinski definition) is 1. The maximum atomic E-state index is 11.1. The lowest BCUT2D eigenvalue weighted by Gasteiger charge is -2.09. The number of benzene rings is 1. The summed E-state index contributed by atoms with van der Waals surface area (Å²) in [5, 5.41) is 20.0. The van der Waals surface area contributed by atoms with Gasteiger partial charge in [-0.05, 0) is 47.1 Å². The van der Waals surface area contributed by atoms with Gasteiger partial charge in [-0.2, -0.15) is 0 Å². The number of carbonyl (C=O) groups is 1. The van der Waals surface area contributed by atoms with E-state index in [9.17, 15) is 14.9 Å². The summed E-state index contributed by atoms with van der Waals surface area (Å²) in [6.07, 6.45) is 1.38. The van der Waals surface area contributed by atoms with Crippen LogP contribution in [0, 0.1) is 17.0 Å². The number of aryl methyl sites for hydroxylation is 1. The Morgan fingerprint density at radius 2 is 2.14 bits per heavy atom. The zero-order valence-electron chi connectivity index (χ0n) is 10.7. The predicted octanol–water partition coefficient (Wildman–Crippen LogP) is 3.55. The molecule has 8 heteroatoms. The highest BCUT2D eigenvalue weighted by atomic mass is 79.9. The Balaban J connectivity index is 2.48. The number of aromatic nitrogens is 1. The Hall–Kier alpha value is -2.48. The van der Waals surface area contributed by atoms with Gasteiger partial charge in [-0.25, -0.2) is 9.78 Å². The van der Waals surface area contributed by atoms with Gasteiger partial charge in [-0.15, -0.1) is 0 Å². The number of carboxylic acid groups (broad SMARTS) is 1. The van der Waals surface area contributed by atoms with Gasteiger partial charge < -0.3 is 9.84 Å². The lowest BCUT2D eigenvalue weighted by Crippen LogP contribution is -2.00. The average molecular weight is 353 g/mol. The van der Waals surface area contributed by atoms with Crippen molar-refractivity contribution in [3.8, 4) is 11.6 Å². The van der Waals surface area contributed by atoms with E-state index >= 15 is 0 Å². The van der Waals surface area contributed by atoms with Gasteiger partial charge >= 0.3 is 11.7 Å². The zero-order valence-corrected chi connectivity index (χ0v) is 12.3. The third-order valence-electron chi connectivity index (χ3n) is 2.66. The van der Waals surface area contributed by atoms with Crippen LogP contribution in [0.3, 0.4) is 0 Å². The molecule has 1 heterocycles. The monoisotopic (exact) mass is 352 g/mol. The van der Waals surface area contributed by atoms with Crippen LogP contribution in [0.25, 0.3) is 0 Å². The fraction of sp³-hybridized carbons (Fsp3) is 0.0769. The van der Waals surface area contributed by atoms with Crippen LogP contribution >= 0.6 is 15.9 Å². The molecule has 0 unspecified atom stereocenters. The maximum absolute atomic E-state index is 11.1. The molecule has 108 valence electrons. The number of aromatic carboxylic acids is 1. The van der Waals surface area contributed by atoms with Crippen LogP contribution in [0.5, 0.6) is 11.6 Å². The van der Waals surface area contributed by atoms with E-state index in [0.29, 0.717) is 10.0 Å². The van der Waals surface area contributed by atoms with Gasteiger partial charge in [0.25, 0.3) is 5.88 Å². The quantitative estimate of drug-likeness (QED) is 0.666. The third kappa shape index (κ3) is 3.16. The molecule has 1 N–H and O–H groups in total. The van der Waals surface area contributed by atoms with E-state index in [4.69, 9.17) is 9.84 Å². The summed E-state index contributed by atoms with van der Waals surface area (Å²) < 4.78 is 5.87. The first-order valence-electron chi connectivity index (χ1n) is 5.71. The van der Waals surface area contributed by atoms with E-state index in [0.717, 1.165) is 0 Å². The average Bonchev–Trinajstić information content (AvgIpc) is 2.40. The van der Waals surface area contributed by atoms with Crippen LogP contribution in [0.1, 0.15) is 15.9 Å². The molecule has 7 nitrogen and oxygen atoms in total. The minimum absolute atomic E-state index is 0.00325. The number of hydrogen-bond acceptors (Lipinski definition) is 5. The third-order valence-corrected chi connectivity index (χ3v) is 3.31. The summed E-state index contributed by atoms with van der Waals surface area (Å²) in [7, 11) is 0. The molecule has 1 aromatic carbocycles. The Kier molecular flexibility index (Phi) is 4.18. The Bertz CT molecular complexity index is 732. The van der Waals surface area contributed by atoms with Gasteiger partial charge in [-0.1, -0.05) is 0 Å². The molecule has 2 aromatic rings. The van der Waals surface area contributed by atoms with Crippen molar-refractivity contribution in [1.82, 2.24) is 4.98 Å². The van der Waals surface area contributed by atoms with Crippen molar-refractivity contribution in [3.63, 3.8) is 0 Å². The highest BCUT2D eigenvalue weighted by Gasteiger charge is 2.21. The van der Waals surface area contributed by atoms with E-state index in [1.54, 1.807) is 6.92 Å². The van der Waals surface area contributed by atoms with Gasteiger partial charge in [0.1, 0.15) is 5.75 Å². The van der Waals surface area contributed by atoms with Gasteiger partial charge in [-0.3, -0.25) is 10.1 Å². The molecule has 0 fully saturated rings. The number of ether oxygens (including phenoxy) is 1. The second-order valence-electron chi connectivity index (χ2n) is 4.09. The van der Waals surface area contributed by atoms with Crippen LogP contribution in [0.2, 0.25) is 0 Å². The Morgan fingerprint density at radius 3 is 2.76 bits per heavy atom. The Morgan fingerprint density at radius 1 is 1.43 bits per heavy atom. The van der Waals surface area contributed by atoms with Crippen molar-refractivity contribution < 1.29 is 19.6 Å². The number of halogens is 1. The predicted molar refractivity (Wildman–Crippen MR) is 76.8 cm³/mol. The summed E-state index contributed by atoms with van der Waals surface area (Å²) in [6.45, 7) is 1.56. The smallest absolute Gasteiger partial charge is 0.335 e. The molecular formula is C13H9BrN2O5. The number of nitro groups is 1. The summed E-state index contributed by atoms with van der Waals surface area (Å²) in [5.74, 6) is -1.18. The Labute approximate surface area is 127 Å². The summed E-state index contributed by atoms with van der Waals surface area (Å²) in [5.41, 5.74) is 0.143. The minimum atomic E-state index is -1.13. The fourth-order valence-corrected chi connectivity index (χ4v) is 1.97. The second kappa shape index (κ2) is 5.88. The first-order chi connectivity index (χ1) is 9.90. The van der Waals surface area contributed by atoms with Crippen LogP contribution in [0.15, 0.2) is 34.9 Å². The zero-order chi connectivity index (χ0) is 15.6. The van der Waals surface area contributed by atoms with Crippen molar-refractivity contribution in [2.75, 3.05) is 0 Å². The summed E-state index contributed by atoms with van der Waals surface area (Å²) >= 11 is 3.20. The van der Waals surface area contributed by atoms with Crippen molar-refractivity contribution >= 4 is 27.6 Å². The standard InChI is InChI=1S/C13H9BrN2O5/c1-7-4-5-15-12(11(7)16(19)20)21-10-6-8(13(17)18)2-3-9(10)14/h2-6H,1H3,(H,17,18). The van der Waals surface area contributed by atoms with E-state index in [1.807, 2.05) is 0 Å². The van der Waals surface area contributed by atoms with E-state index < -0.39 is 10.9 Å². The number of pyridine rings is 1. The van der Waals surface area contributed by atoms with Crippen molar-refractivity contribution in [1.29, 1.82) is 0 Å². The van der Waals surface area contributed by atoms with Crippen LogP contribution in [-0.4, -0.2) is 21.0 Å². The largest absolute Gasteiger partial charge is 0.478 e. The van der Waals surface area contributed by atoms with Gasteiger partial charge in [0.05, 0.1) is 15.0 Å². The molecule has 21 heavy (non-hydrogen) atoms. The highest BCUT2D eigenvalue weighted by Crippen LogP contribution is 2.35. The number of rotatable bonds is 4. The fourth-order valence-electron chi connectivity index (χ4n) is 1.64. The maximum Gasteiger partial charge on any atom is 0.335 e. The molecule has 0 bridgehead atoms. The molecule has 0 atom stereocenters. The number of carboxylic acids is 1. The minimum Gasteiger partial charge on any atom is -0.478 e. The lowest BCUT2D eigenvalue weighted by molar-refractivity contribution is -0.386. The summed E-state index contributed by atoms with van der Waals surface area (Å²) in [6, 6.07) is 5.63. The van der Waals surface area contributed by atoms with Crippen molar-refractivity contribution in [2.24, 2.45) is 0 Å². The first kappa shape index (κ1) is 14.9. The molecule has 0 aliphatic rings. The van der Waals surface area contributed by atoms with E-state index in [2.05, 4.69) is 20.9 Å². The molecule has 2 rings (SSSR count). The lowest BCUT2D eigenvalue weighted by atomic mass is 10.2. The molecule has 0 amide bonds. The van der Waals surface area contributed by atoms with Crippen molar-refractivity contribution in [2.45, 2.75) is 6.92 Å².